The molecule has 0 aromatic carbocycles. The van der Waals surface area contributed by atoms with E-state index in [0.717, 1.165) is 32.1 Å². The zero-order valence-corrected chi connectivity index (χ0v) is 10.2. The number of nitrogens with zero attached hydrogens (tertiary/aromatic N) is 4. The lowest BCUT2D eigenvalue weighted by molar-refractivity contribution is 0.257. The van der Waals surface area contributed by atoms with Gasteiger partial charge in [0.1, 0.15) is 0 Å². The first kappa shape index (κ1) is 12.0. The zero-order chi connectivity index (χ0) is 12.4. The SMILES string of the molecule is CN(C)C1CCCN(c2nc(N)ncc2F)C1. The topological polar surface area (TPSA) is 58.3 Å². The molecule has 2 rings (SSSR count). The van der Waals surface area contributed by atoms with Crippen molar-refractivity contribution in [3.8, 4) is 0 Å². The second kappa shape index (κ2) is 4.83. The number of hydrogen-bond acceptors (Lipinski definition) is 5. The van der Waals surface area contributed by atoms with Gasteiger partial charge in [-0.3, -0.25) is 0 Å². The first-order valence-electron chi connectivity index (χ1n) is 5.77. The number of likely N-dealkylation sites (N-methyl/N-ethyl adjacent to an activating group) is 1. The van der Waals surface area contributed by atoms with E-state index in [2.05, 4.69) is 14.9 Å². The van der Waals surface area contributed by atoms with Crippen molar-refractivity contribution in [2.75, 3.05) is 37.8 Å². The average molecular weight is 239 g/mol. The lowest BCUT2D eigenvalue weighted by Gasteiger charge is -2.36. The molecule has 1 unspecified atom stereocenters. The summed E-state index contributed by atoms with van der Waals surface area (Å²) in [5.74, 6) is 0.0380. The Morgan fingerprint density at radius 3 is 3.00 bits per heavy atom. The van der Waals surface area contributed by atoms with Crippen LogP contribution in [-0.2, 0) is 0 Å². The molecule has 1 saturated heterocycles. The molecule has 1 aromatic heterocycles. The summed E-state index contributed by atoms with van der Waals surface area (Å²) in [6.07, 6.45) is 3.30. The molecule has 1 aliphatic heterocycles. The molecule has 94 valence electrons. The molecule has 2 heterocycles. The van der Waals surface area contributed by atoms with Gasteiger partial charge in [0.05, 0.1) is 6.20 Å². The monoisotopic (exact) mass is 239 g/mol. The van der Waals surface area contributed by atoms with E-state index >= 15 is 0 Å². The molecular weight excluding hydrogens is 221 g/mol. The van der Waals surface area contributed by atoms with Gasteiger partial charge in [0.15, 0.2) is 11.6 Å². The molecular formula is C11H18FN5. The molecule has 1 aliphatic rings. The van der Waals surface area contributed by atoms with Gasteiger partial charge in [-0.25, -0.2) is 9.37 Å². The van der Waals surface area contributed by atoms with E-state index in [0.29, 0.717) is 11.9 Å². The predicted molar refractivity (Wildman–Crippen MR) is 65.3 cm³/mol. The fraction of sp³-hybridized carbons (Fsp3) is 0.636. The standard InChI is InChI=1S/C11H18FN5/c1-16(2)8-4-3-5-17(7-8)10-9(12)6-14-11(13)15-10/h6,8H,3-5,7H2,1-2H3,(H2,13,14,15). The molecule has 1 atom stereocenters. The van der Waals surface area contributed by atoms with E-state index < -0.39 is 5.82 Å². The average Bonchev–Trinajstić information content (AvgIpc) is 2.32. The highest BCUT2D eigenvalue weighted by atomic mass is 19.1. The summed E-state index contributed by atoms with van der Waals surface area (Å²) >= 11 is 0. The number of aromatic nitrogens is 2. The van der Waals surface area contributed by atoms with Gasteiger partial charge in [0.25, 0.3) is 0 Å². The van der Waals surface area contributed by atoms with Gasteiger partial charge in [-0.1, -0.05) is 0 Å². The molecule has 6 heteroatoms. The van der Waals surface area contributed by atoms with Crippen LogP contribution in [0, 0.1) is 5.82 Å². The number of nitrogen functional groups attached to an aromatic ring is 1. The summed E-state index contributed by atoms with van der Waals surface area (Å²) < 4.78 is 13.6. The molecule has 0 saturated carbocycles. The third-order valence-electron chi connectivity index (χ3n) is 3.17. The van der Waals surface area contributed by atoms with Gasteiger partial charge in [-0.05, 0) is 26.9 Å². The minimum Gasteiger partial charge on any atom is -0.368 e. The van der Waals surface area contributed by atoms with Crippen LogP contribution in [0.15, 0.2) is 6.20 Å². The highest BCUT2D eigenvalue weighted by Gasteiger charge is 2.24. The Balaban J connectivity index is 2.18. The molecule has 0 spiro atoms. The minimum absolute atomic E-state index is 0.119. The maximum Gasteiger partial charge on any atom is 0.222 e. The normalized spacial score (nSPS) is 20.9. The maximum atomic E-state index is 13.6. The highest BCUT2D eigenvalue weighted by molar-refractivity contribution is 5.43. The Bertz CT molecular complexity index is 395. The van der Waals surface area contributed by atoms with E-state index in [4.69, 9.17) is 5.73 Å². The van der Waals surface area contributed by atoms with Gasteiger partial charge in [0, 0.05) is 19.1 Å². The van der Waals surface area contributed by atoms with Crippen LogP contribution in [0.5, 0.6) is 0 Å². The highest BCUT2D eigenvalue weighted by Crippen LogP contribution is 2.22. The Hall–Kier alpha value is -1.43. The third-order valence-corrected chi connectivity index (χ3v) is 3.17. The second-order valence-electron chi connectivity index (χ2n) is 4.61. The van der Waals surface area contributed by atoms with E-state index in [9.17, 15) is 4.39 Å². The van der Waals surface area contributed by atoms with Crippen molar-refractivity contribution >= 4 is 11.8 Å². The summed E-state index contributed by atoms with van der Waals surface area (Å²) in [5.41, 5.74) is 5.50. The van der Waals surface area contributed by atoms with Crippen molar-refractivity contribution in [2.45, 2.75) is 18.9 Å². The van der Waals surface area contributed by atoms with Crippen LogP contribution in [0.25, 0.3) is 0 Å². The number of nitrogens with two attached hydrogens (primary N) is 1. The summed E-state index contributed by atoms with van der Waals surface area (Å²) in [6.45, 7) is 1.60. The summed E-state index contributed by atoms with van der Waals surface area (Å²) in [6, 6.07) is 0.430. The van der Waals surface area contributed by atoms with Crippen molar-refractivity contribution in [1.29, 1.82) is 0 Å². The van der Waals surface area contributed by atoms with E-state index in [-0.39, 0.29) is 5.95 Å². The van der Waals surface area contributed by atoms with Gasteiger partial charge in [-0.15, -0.1) is 0 Å². The van der Waals surface area contributed by atoms with Crippen LogP contribution in [0.1, 0.15) is 12.8 Å². The molecule has 0 aliphatic carbocycles. The number of halogens is 1. The van der Waals surface area contributed by atoms with Crippen molar-refractivity contribution in [3.05, 3.63) is 12.0 Å². The predicted octanol–water partition coefficient (Wildman–Crippen LogP) is 0.728. The van der Waals surface area contributed by atoms with Gasteiger partial charge in [-0.2, -0.15) is 4.98 Å². The van der Waals surface area contributed by atoms with Crippen LogP contribution in [0.3, 0.4) is 0 Å². The molecule has 1 fully saturated rings. The van der Waals surface area contributed by atoms with Crippen molar-refractivity contribution in [1.82, 2.24) is 14.9 Å². The fourth-order valence-corrected chi connectivity index (χ4v) is 2.16. The second-order valence-corrected chi connectivity index (χ2v) is 4.61. The van der Waals surface area contributed by atoms with Crippen LogP contribution in [0.2, 0.25) is 0 Å². The molecule has 0 amide bonds. The maximum absolute atomic E-state index is 13.6. The van der Waals surface area contributed by atoms with Gasteiger partial charge < -0.3 is 15.5 Å². The quantitative estimate of drug-likeness (QED) is 0.824. The van der Waals surface area contributed by atoms with Crippen molar-refractivity contribution < 1.29 is 4.39 Å². The van der Waals surface area contributed by atoms with Crippen LogP contribution in [0.4, 0.5) is 16.2 Å². The van der Waals surface area contributed by atoms with Gasteiger partial charge >= 0.3 is 0 Å². The number of rotatable bonds is 2. The van der Waals surface area contributed by atoms with Crippen molar-refractivity contribution in [3.63, 3.8) is 0 Å². The molecule has 0 bridgehead atoms. The first-order valence-corrected chi connectivity index (χ1v) is 5.77. The lowest BCUT2D eigenvalue weighted by atomic mass is 10.1. The Morgan fingerprint density at radius 1 is 1.53 bits per heavy atom. The summed E-state index contributed by atoms with van der Waals surface area (Å²) in [4.78, 5) is 11.7. The largest absolute Gasteiger partial charge is 0.368 e. The number of hydrogen-bond donors (Lipinski definition) is 1. The van der Waals surface area contributed by atoms with Crippen molar-refractivity contribution in [2.24, 2.45) is 0 Å². The number of anilines is 2. The summed E-state index contributed by atoms with van der Waals surface area (Å²) in [5, 5.41) is 0. The van der Waals surface area contributed by atoms with Crippen LogP contribution in [-0.4, -0.2) is 48.1 Å². The summed E-state index contributed by atoms with van der Waals surface area (Å²) in [7, 11) is 4.08. The molecule has 0 radical (unpaired) electrons. The Kier molecular flexibility index (Phi) is 3.42. The Labute approximate surface area is 100 Å². The number of piperidine rings is 1. The minimum atomic E-state index is -0.404. The van der Waals surface area contributed by atoms with E-state index in [1.54, 1.807) is 0 Å². The van der Waals surface area contributed by atoms with Gasteiger partial charge in [0.2, 0.25) is 5.95 Å². The van der Waals surface area contributed by atoms with E-state index in [1.165, 1.54) is 0 Å². The lowest BCUT2D eigenvalue weighted by Crippen LogP contribution is -2.45. The smallest absolute Gasteiger partial charge is 0.222 e. The molecule has 2 N–H and O–H groups in total. The third kappa shape index (κ3) is 2.63. The fourth-order valence-electron chi connectivity index (χ4n) is 2.16. The van der Waals surface area contributed by atoms with Crippen LogP contribution >= 0.6 is 0 Å². The Morgan fingerprint density at radius 2 is 2.29 bits per heavy atom. The zero-order valence-electron chi connectivity index (χ0n) is 10.2. The first-order chi connectivity index (χ1) is 8.08. The van der Waals surface area contributed by atoms with E-state index in [1.807, 2.05) is 19.0 Å². The van der Waals surface area contributed by atoms with Crippen LogP contribution < -0.4 is 10.6 Å². The molecule has 5 nitrogen and oxygen atoms in total. The molecule has 17 heavy (non-hydrogen) atoms. The molecule has 1 aromatic rings.